The zero-order valence-electron chi connectivity index (χ0n) is 11.1. The number of ether oxygens (including phenoxy) is 1. The molecule has 104 valence electrons. The van der Waals surface area contributed by atoms with Crippen molar-refractivity contribution in [2.75, 3.05) is 13.2 Å². The SMILES string of the molecule is O=C(COCCc1cccc(Br)c1)Cc1cccnc1. The maximum Gasteiger partial charge on any atom is 0.162 e. The van der Waals surface area contributed by atoms with Crippen LogP contribution in [0.25, 0.3) is 0 Å². The lowest BCUT2D eigenvalue weighted by molar-refractivity contribution is -0.122. The number of carbonyl (C=O) groups is 1. The highest BCUT2D eigenvalue weighted by Gasteiger charge is 2.04. The Bertz CT molecular complexity index is 557. The van der Waals surface area contributed by atoms with Crippen LogP contribution < -0.4 is 0 Å². The number of ketones is 1. The highest BCUT2D eigenvalue weighted by molar-refractivity contribution is 9.10. The van der Waals surface area contributed by atoms with Gasteiger partial charge in [-0.2, -0.15) is 0 Å². The monoisotopic (exact) mass is 333 g/mol. The molecule has 3 nitrogen and oxygen atoms in total. The molecule has 20 heavy (non-hydrogen) atoms. The molecule has 0 radical (unpaired) electrons. The molecule has 0 saturated heterocycles. The zero-order chi connectivity index (χ0) is 14.2. The molecule has 2 rings (SSSR count). The molecule has 0 fully saturated rings. The van der Waals surface area contributed by atoms with Gasteiger partial charge in [0.05, 0.1) is 6.61 Å². The fourth-order valence-electron chi connectivity index (χ4n) is 1.85. The molecule has 0 bridgehead atoms. The van der Waals surface area contributed by atoms with Crippen LogP contribution in [0.15, 0.2) is 53.3 Å². The smallest absolute Gasteiger partial charge is 0.162 e. The van der Waals surface area contributed by atoms with E-state index in [0.717, 1.165) is 16.5 Å². The average Bonchev–Trinajstić information content (AvgIpc) is 2.45. The third kappa shape index (κ3) is 5.23. The fourth-order valence-corrected chi connectivity index (χ4v) is 2.30. The average molecular weight is 334 g/mol. The number of pyridine rings is 1. The van der Waals surface area contributed by atoms with Crippen LogP contribution in [0.1, 0.15) is 11.1 Å². The van der Waals surface area contributed by atoms with Gasteiger partial charge in [-0.25, -0.2) is 0 Å². The van der Waals surface area contributed by atoms with Crippen LogP contribution in [0.3, 0.4) is 0 Å². The molecule has 0 unspecified atom stereocenters. The van der Waals surface area contributed by atoms with Crippen molar-refractivity contribution in [1.29, 1.82) is 0 Å². The van der Waals surface area contributed by atoms with Gasteiger partial charge in [-0.05, 0) is 35.7 Å². The number of hydrogen-bond donors (Lipinski definition) is 0. The van der Waals surface area contributed by atoms with Crippen LogP contribution in [-0.2, 0) is 22.4 Å². The van der Waals surface area contributed by atoms with Crippen LogP contribution in [0.2, 0.25) is 0 Å². The first-order valence-corrected chi connectivity index (χ1v) is 7.26. The van der Waals surface area contributed by atoms with Gasteiger partial charge in [0.2, 0.25) is 0 Å². The van der Waals surface area contributed by atoms with Crippen LogP contribution in [-0.4, -0.2) is 24.0 Å². The van der Waals surface area contributed by atoms with Crippen molar-refractivity contribution in [2.45, 2.75) is 12.8 Å². The van der Waals surface area contributed by atoms with E-state index in [2.05, 4.69) is 27.0 Å². The molecule has 0 spiro atoms. The van der Waals surface area contributed by atoms with E-state index in [1.54, 1.807) is 12.4 Å². The molecular weight excluding hydrogens is 318 g/mol. The Hall–Kier alpha value is -1.52. The number of rotatable bonds is 7. The van der Waals surface area contributed by atoms with Crippen molar-refractivity contribution in [1.82, 2.24) is 4.98 Å². The predicted molar refractivity (Wildman–Crippen MR) is 81.6 cm³/mol. The molecule has 0 aliphatic carbocycles. The van der Waals surface area contributed by atoms with Gasteiger partial charge in [-0.1, -0.05) is 34.1 Å². The quantitative estimate of drug-likeness (QED) is 0.730. The third-order valence-electron chi connectivity index (χ3n) is 2.81. The molecular formula is C16H16BrNO2. The van der Waals surface area contributed by atoms with E-state index in [-0.39, 0.29) is 12.4 Å². The summed E-state index contributed by atoms with van der Waals surface area (Å²) >= 11 is 3.43. The van der Waals surface area contributed by atoms with Crippen LogP contribution in [0.4, 0.5) is 0 Å². The Morgan fingerprint density at radius 2 is 2.05 bits per heavy atom. The summed E-state index contributed by atoms with van der Waals surface area (Å²) in [6.45, 7) is 0.706. The summed E-state index contributed by atoms with van der Waals surface area (Å²) in [4.78, 5) is 15.7. The lowest BCUT2D eigenvalue weighted by Crippen LogP contribution is -2.13. The van der Waals surface area contributed by atoms with Gasteiger partial charge >= 0.3 is 0 Å². The van der Waals surface area contributed by atoms with E-state index in [1.165, 1.54) is 5.56 Å². The Morgan fingerprint density at radius 3 is 2.80 bits per heavy atom. The minimum Gasteiger partial charge on any atom is -0.373 e. The Morgan fingerprint density at radius 1 is 1.20 bits per heavy atom. The third-order valence-corrected chi connectivity index (χ3v) is 3.30. The van der Waals surface area contributed by atoms with E-state index in [0.29, 0.717) is 13.0 Å². The largest absolute Gasteiger partial charge is 0.373 e. The van der Waals surface area contributed by atoms with Gasteiger partial charge in [-0.15, -0.1) is 0 Å². The Kier molecular flexibility index (Phi) is 5.89. The van der Waals surface area contributed by atoms with Gasteiger partial charge in [0, 0.05) is 23.3 Å². The standard InChI is InChI=1S/C16H16BrNO2/c17-15-5-1-3-13(9-15)6-8-20-12-16(19)10-14-4-2-7-18-11-14/h1-5,7,9,11H,6,8,10,12H2. The highest BCUT2D eigenvalue weighted by Crippen LogP contribution is 2.12. The van der Waals surface area contributed by atoms with Gasteiger partial charge in [0.25, 0.3) is 0 Å². The number of Topliss-reactive ketones (excluding diaryl/α,β-unsaturated/α-hetero) is 1. The first-order valence-electron chi connectivity index (χ1n) is 6.47. The van der Waals surface area contributed by atoms with Crippen LogP contribution in [0.5, 0.6) is 0 Å². The first-order chi connectivity index (χ1) is 9.74. The summed E-state index contributed by atoms with van der Waals surface area (Å²) in [6, 6.07) is 11.8. The van der Waals surface area contributed by atoms with Crippen molar-refractivity contribution < 1.29 is 9.53 Å². The van der Waals surface area contributed by atoms with Gasteiger partial charge in [0.15, 0.2) is 5.78 Å². The number of halogens is 1. The van der Waals surface area contributed by atoms with Crippen molar-refractivity contribution in [3.63, 3.8) is 0 Å². The molecule has 0 amide bonds. The number of nitrogens with zero attached hydrogens (tertiary/aromatic N) is 1. The maximum absolute atomic E-state index is 11.7. The first kappa shape index (κ1) is 14.9. The maximum atomic E-state index is 11.7. The van der Waals surface area contributed by atoms with Crippen LogP contribution >= 0.6 is 15.9 Å². The molecule has 0 atom stereocenters. The number of hydrogen-bond acceptors (Lipinski definition) is 3. The number of carbonyl (C=O) groups excluding carboxylic acids is 1. The number of aromatic nitrogens is 1. The molecule has 0 saturated carbocycles. The van der Waals surface area contributed by atoms with Gasteiger partial charge in [0.1, 0.15) is 6.61 Å². The molecule has 0 aliphatic heterocycles. The molecule has 1 aromatic carbocycles. The molecule has 4 heteroatoms. The van der Waals surface area contributed by atoms with Crippen molar-refractivity contribution in [2.24, 2.45) is 0 Å². The van der Waals surface area contributed by atoms with E-state index >= 15 is 0 Å². The molecule has 0 aliphatic rings. The minimum atomic E-state index is 0.0762. The number of benzene rings is 1. The van der Waals surface area contributed by atoms with E-state index < -0.39 is 0 Å². The summed E-state index contributed by atoms with van der Waals surface area (Å²) in [5, 5.41) is 0. The van der Waals surface area contributed by atoms with Crippen LogP contribution in [0, 0.1) is 0 Å². The zero-order valence-corrected chi connectivity index (χ0v) is 12.7. The summed E-state index contributed by atoms with van der Waals surface area (Å²) in [5.74, 6) is 0.0762. The fraction of sp³-hybridized carbons (Fsp3) is 0.250. The van der Waals surface area contributed by atoms with Gasteiger partial charge in [-0.3, -0.25) is 9.78 Å². The molecule has 1 aromatic heterocycles. The molecule has 1 heterocycles. The van der Waals surface area contributed by atoms with Crippen molar-refractivity contribution >= 4 is 21.7 Å². The van der Waals surface area contributed by atoms with Gasteiger partial charge < -0.3 is 4.74 Å². The van der Waals surface area contributed by atoms with Crippen molar-refractivity contribution in [3.8, 4) is 0 Å². The topological polar surface area (TPSA) is 39.2 Å². The Balaban J connectivity index is 1.67. The van der Waals surface area contributed by atoms with Crippen molar-refractivity contribution in [3.05, 3.63) is 64.4 Å². The highest BCUT2D eigenvalue weighted by atomic mass is 79.9. The van der Waals surface area contributed by atoms with E-state index in [9.17, 15) is 4.79 Å². The second-order valence-corrected chi connectivity index (χ2v) is 5.42. The minimum absolute atomic E-state index is 0.0762. The summed E-state index contributed by atoms with van der Waals surface area (Å²) in [6.07, 6.45) is 4.59. The van der Waals surface area contributed by atoms with E-state index in [4.69, 9.17) is 4.74 Å². The Labute approximate surface area is 127 Å². The summed E-state index contributed by atoms with van der Waals surface area (Å²) in [7, 11) is 0. The predicted octanol–water partition coefficient (Wildman–Crippen LogP) is 3.22. The lowest BCUT2D eigenvalue weighted by Gasteiger charge is -2.04. The second-order valence-electron chi connectivity index (χ2n) is 4.51. The van der Waals surface area contributed by atoms with E-state index in [1.807, 2.05) is 30.3 Å². The second kappa shape index (κ2) is 7.92. The lowest BCUT2D eigenvalue weighted by atomic mass is 10.1. The molecule has 0 N–H and O–H groups in total. The summed E-state index contributed by atoms with van der Waals surface area (Å²) in [5.41, 5.74) is 2.12. The normalized spacial score (nSPS) is 10.4. The molecule has 2 aromatic rings. The summed E-state index contributed by atoms with van der Waals surface area (Å²) < 4.78 is 6.48.